The maximum absolute atomic E-state index is 12.5. The minimum absolute atomic E-state index is 0.0270. The predicted octanol–water partition coefficient (Wildman–Crippen LogP) is 1.37. The molecule has 2 heterocycles. The van der Waals surface area contributed by atoms with Gasteiger partial charge in [0.2, 0.25) is 5.95 Å². The Morgan fingerprint density at radius 1 is 1.06 bits per heavy atom. The van der Waals surface area contributed by atoms with Crippen molar-refractivity contribution in [1.29, 1.82) is 0 Å². The molecule has 2 aromatic heterocycles. The van der Waals surface area contributed by atoms with Gasteiger partial charge in [-0.1, -0.05) is 19.1 Å². The second-order valence-electron chi connectivity index (χ2n) is 7.73. The molecule has 1 amide bonds. The number of nitrogen functional groups attached to an aromatic ring is 2. The van der Waals surface area contributed by atoms with Gasteiger partial charge in [-0.25, -0.2) is 14.8 Å². The van der Waals surface area contributed by atoms with Crippen LogP contribution in [0.25, 0.3) is 11.2 Å². The number of hydrogen-bond donors (Lipinski definition) is 5. The summed E-state index contributed by atoms with van der Waals surface area (Å²) in [6, 6.07) is 5.50. The molecule has 2 atom stereocenters. The summed E-state index contributed by atoms with van der Waals surface area (Å²) >= 11 is 0. The first-order valence-corrected chi connectivity index (χ1v) is 10.6. The van der Waals surface area contributed by atoms with Gasteiger partial charge in [-0.05, 0) is 42.9 Å². The Morgan fingerprint density at radius 3 is 2.38 bits per heavy atom. The highest BCUT2D eigenvalue weighted by Gasteiger charge is 2.22. The monoisotopic (exact) mass is 467 g/mol. The molecule has 0 saturated heterocycles. The van der Waals surface area contributed by atoms with E-state index in [1.165, 1.54) is 0 Å². The zero-order chi connectivity index (χ0) is 24.8. The minimum atomic E-state index is -1.29. The molecule has 12 nitrogen and oxygen atoms in total. The number of carboxylic acid groups (broad SMARTS) is 2. The maximum Gasteiger partial charge on any atom is 0.326 e. The molecule has 178 valence electrons. The molecule has 3 aromatic rings. The number of nitrogens with zero attached hydrogens (tertiary/aromatic N) is 4. The number of benzene rings is 1. The van der Waals surface area contributed by atoms with Gasteiger partial charge >= 0.3 is 11.9 Å². The molecule has 12 heteroatoms. The summed E-state index contributed by atoms with van der Waals surface area (Å²) in [7, 11) is 0. The fourth-order valence-electron chi connectivity index (χ4n) is 3.50. The number of rotatable bonds is 10. The van der Waals surface area contributed by atoms with Crippen molar-refractivity contribution in [3.8, 4) is 0 Å². The number of aromatic nitrogens is 4. The van der Waals surface area contributed by atoms with E-state index >= 15 is 0 Å². The smallest absolute Gasteiger partial charge is 0.326 e. The molecule has 34 heavy (non-hydrogen) atoms. The van der Waals surface area contributed by atoms with Crippen LogP contribution in [0.4, 0.5) is 11.8 Å². The molecule has 0 radical (unpaired) electrons. The first kappa shape index (κ1) is 24.3. The summed E-state index contributed by atoms with van der Waals surface area (Å²) in [5.74, 6) is -2.76. The zero-order valence-corrected chi connectivity index (χ0v) is 18.4. The number of carboxylic acids is 2. The SMILES string of the molecule is CC[C@H](Cc1cnc2nc(N)nc(N)c2n1)c1ccc(C(=O)N[C@@H](CCC(=O)O)C(=O)O)cc1. The lowest BCUT2D eigenvalue weighted by molar-refractivity contribution is -0.140. The van der Waals surface area contributed by atoms with Gasteiger partial charge in [-0.3, -0.25) is 9.59 Å². The number of aliphatic carboxylic acids is 2. The van der Waals surface area contributed by atoms with Crippen LogP contribution in [-0.4, -0.2) is 54.0 Å². The molecule has 1 aromatic carbocycles. The van der Waals surface area contributed by atoms with E-state index in [-0.39, 0.29) is 36.1 Å². The Labute approximate surface area is 194 Å². The van der Waals surface area contributed by atoms with Crippen molar-refractivity contribution in [2.24, 2.45) is 0 Å². The fourth-order valence-corrected chi connectivity index (χ4v) is 3.50. The molecule has 3 rings (SSSR count). The molecule has 7 N–H and O–H groups in total. The number of carbonyl (C=O) groups excluding carboxylic acids is 1. The lowest BCUT2D eigenvalue weighted by Crippen LogP contribution is -2.41. The Balaban J connectivity index is 1.72. The van der Waals surface area contributed by atoms with E-state index in [2.05, 4.69) is 25.3 Å². The molecule has 0 unspecified atom stereocenters. The molecule has 0 aliphatic heterocycles. The Kier molecular flexibility index (Phi) is 7.51. The zero-order valence-electron chi connectivity index (χ0n) is 18.4. The van der Waals surface area contributed by atoms with Gasteiger partial charge in [-0.15, -0.1) is 0 Å². The highest BCUT2D eigenvalue weighted by molar-refractivity contribution is 5.96. The van der Waals surface area contributed by atoms with Crippen LogP contribution in [0.5, 0.6) is 0 Å². The topological polar surface area (TPSA) is 207 Å². The summed E-state index contributed by atoms with van der Waals surface area (Å²) in [5.41, 5.74) is 14.1. The van der Waals surface area contributed by atoms with Crippen LogP contribution < -0.4 is 16.8 Å². The van der Waals surface area contributed by atoms with Crippen LogP contribution in [0.15, 0.2) is 30.5 Å². The van der Waals surface area contributed by atoms with Crippen molar-refractivity contribution in [2.75, 3.05) is 11.5 Å². The standard InChI is InChI=1S/C22H25N7O5/c1-2-11(9-14-10-25-19-17(26-14)18(23)28-22(24)29-19)12-3-5-13(6-4-12)20(32)27-15(21(33)34)7-8-16(30)31/h3-6,10-11,15H,2,7-9H2,1H3,(H,27,32)(H,30,31)(H,33,34)(H4,23,24,25,28,29)/t11-,15+/m1/s1. The fraction of sp³-hybridized carbons (Fsp3) is 0.318. The van der Waals surface area contributed by atoms with E-state index in [9.17, 15) is 19.5 Å². The molecular formula is C22H25N7O5. The molecule has 0 bridgehead atoms. The third-order valence-corrected chi connectivity index (χ3v) is 5.34. The molecule has 0 aliphatic rings. The van der Waals surface area contributed by atoms with Crippen LogP contribution in [0.1, 0.15) is 53.7 Å². The van der Waals surface area contributed by atoms with E-state index in [1.807, 2.05) is 6.92 Å². The summed E-state index contributed by atoms with van der Waals surface area (Å²) in [6.45, 7) is 2.03. The first-order chi connectivity index (χ1) is 16.2. The Hall–Kier alpha value is -4.35. The number of nitrogens with one attached hydrogen (secondary N) is 1. The summed E-state index contributed by atoms with van der Waals surface area (Å²) in [4.78, 5) is 51.2. The van der Waals surface area contributed by atoms with Crippen molar-refractivity contribution in [3.05, 3.63) is 47.3 Å². The third kappa shape index (κ3) is 5.91. The predicted molar refractivity (Wildman–Crippen MR) is 123 cm³/mol. The minimum Gasteiger partial charge on any atom is -0.481 e. The number of amides is 1. The van der Waals surface area contributed by atoms with Crippen LogP contribution in [0, 0.1) is 0 Å². The van der Waals surface area contributed by atoms with Crippen molar-refractivity contribution in [3.63, 3.8) is 0 Å². The number of fused-ring (bicyclic) bond motifs is 1. The van der Waals surface area contributed by atoms with Gasteiger partial charge in [-0.2, -0.15) is 9.97 Å². The van der Waals surface area contributed by atoms with E-state index in [4.69, 9.17) is 16.6 Å². The highest BCUT2D eigenvalue weighted by Crippen LogP contribution is 2.25. The summed E-state index contributed by atoms with van der Waals surface area (Å²) < 4.78 is 0. The van der Waals surface area contributed by atoms with Gasteiger partial charge in [0.25, 0.3) is 5.91 Å². The lowest BCUT2D eigenvalue weighted by atomic mass is 9.91. The quantitative estimate of drug-likeness (QED) is 0.287. The first-order valence-electron chi connectivity index (χ1n) is 10.6. The van der Waals surface area contributed by atoms with Crippen molar-refractivity contribution < 1.29 is 24.6 Å². The summed E-state index contributed by atoms with van der Waals surface area (Å²) in [6.07, 6.45) is 2.39. The van der Waals surface area contributed by atoms with Crippen LogP contribution >= 0.6 is 0 Å². The average Bonchev–Trinajstić information content (AvgIpc) is 2.80. The maximum atomic E-state index is 12.5. The van der Waals surface area contributed by atoms with Gasteiger partial charge in [0.05, 0.1) is 11.9 Å². The Morgan fingerprint density at radius 2 is 1.76 bits per heavy atom. The van der Waals surface area contributed by atoms with Gasteiger partial charge < -0.3 is 27.0 Å². The normalized spacial score (nSPS) is 12.7. The Bertz CT molecular complexity index is 1220. The molecule has 0 saturated carbocycles. The van der Waals surface area contributed by atoms with Crippen molar-refractivity contribution in [1.82, 2.24) is 25.3 Å². The molecule has 0 aliphatic carbocycles. The van der Waals surface area contributed by atoms with E-state index in [0.717, 1.165) is 12.0 Å². The van der Waals surface area contributed by atoms with E-state index in [1.54, 1.807) is 30.5 Å². The number of anilines is 2. The van der Waals surface area contributed by atoms with Gasteiger partial charge in [0.1, 0.15) is 6.04 Å². The van der Waals surface area contributed by atoms with Crippen LogP contribution in [0.2, 0.25) is 0 Å². The second kappa shape index (κ2) is 10.5. The average molecular weight is 467 g/mol. The third-order valence-electron chi connectivity index (χ3n) is 5.34. The molecule has 0 spiro atoms. The molecular weight excluding hydrogens is 442 g/mol. The summed E-state index contributed by atoms with van der Waals surface area (Å²) in [5, 5.41) is 20.3. The van der Waals surface area contributed by atoms with Crippen molar-refractivity contribution in [2.45, 2.75) is 44.6 Å². The van der Waals surface area contributed by atoms with E-state index in [0.29, 0.717) is 23.3 Å². The van der Waals surface area contributed by atoms with Crippen LogP contribution in [-0.2, 0) is 16.0 Å². The lowest BCUT2D eigenvalue weighted by Gasteiger charge is -2.17. The van der Waals surface area contributed by atoms with Gasteiger partial charge in [0.15, 0.2) is 17.0 Å². The van der Waals surface area contributed by atoms with Crippen molar-refractivity contribution >= 4 is 40.8 Å². The molecule has 0 fully saturated rings. The largest absolute Gasteiger partial charge is 0.481 e. The highest BCUT2D eigenvalue weighted by atomic mass is 16.4. The van der Waals surface area contributed by atoms with Crippen LogP contribution in [0.3, 0.4) is 0 Å². The number of hydrogen-bond acceptors (Lipinski definition) is 9. The van der Waals surface area contributed by atoms with Gasteiger partial charge in [0, 0.05) is 12.0 Å². The second-order valence-corrected chi connectivity index (χ2v) is 7.73. The number of nitrogens with two attached hydrogens (primary N) is 2. The number of carbonyl (C=O) groups is 3. The van der Waals surface area contributed by atoms with E-state index < -0.39 is 23.9 Å².